The van der Waals surface area contributed by atoms with E-state index in [1.54, 1.807) is 6.92 Å². The number of carbonyl (C=O) groups is 2. The molecule has 2 saturated carbocycles. The Bertz CT molecular complexity index is 395. The second-order valence-corrected chi connectivity index (χ2v) is 7.15. The van der Waals surface area contributed by atoms with Crippen LogP contribution in [0.3, 0.4) is 0 Å². The zero-order valence-electron chi connectivity index (χ0n) is 11.8. The van der Waals surface area contributed by atoms with E-state index >= 15 is 0 Å². The van der Waals surface area contributed by atoms with Crippen molar-refractivity contribution in [3.63, 3.8) is 0 Å². The van der Waals surface area contributed by atoms with Crippen LogP contribution in [0, 0.1) is 22.7 Å². The Labute approximate surface area is 108 Å². The molecule has 0 saturated heterocycles. The fourth-order valence-electron chi connectivity index (χ4n) is 3.17. The van der Waals surface area contributed by atoms with Gasteiger partial charge in [0.2, 0.25) is 5.91 Å². The number of rotatable bonds is 4. The largest absolute Gasteiger partial charge is 0.480 e. The molecule has 2 fully saturated rings. The molecule has 18 heavy (non-hydrogen) atoms. The second kappa shape index (κ2) is 3.49. The van der Waals surface area contributed by atoms with Gasteiger partial charge in [0, 0.05) is 5.92 Å². The molecule has 1 amide bonds. The van der Waals surface area contributed by atoms with Crippen molar-refractivity contribution in [3.8, 4) is 0 Å². The zero-order chi connectivity index (χ0) is 13.9. The van der Waals surface area contributed by atoms with Gasteiger partial charge in [0.15, 0.2) is 0 Å². The number of aliphatic carboxylic acids is 1. The van der Waals surface area contributed by atoms with Crippen LogP contribution in [0.5, 0.6) is 0 Å². The van der Waals surface area contributed by atoms with Crippen molar-refractivity contribution in [2.45, 2.75) is 53.0 Å². The molecule has 0 aliphatic heterocycles. The maximum Gasteiger partial charge on any atom is 0.329 e. The summed E-state index contributed by atoms with van der Waals surface area (Å²) in [7, 11) is 0. The molecule has 0 aromatic carbocycles. The van der Waals surface area contributed by atoms with Gasteiger partial charge in [-0.3, -0.25) is 4.79 Å². The van der Waals surface area contributed by atoms with Crippen molar-refractivity contribution < 1.29 is 14.7 Å². The SMILES string of the molecule is CC(NC(=O)C1C(C)(C)C1(C)C)(C(=O)O)C1CC1. The summed E-state index contributed by atoms with van der Waals surface area (Å²) in [6.45, 7) is 9.88. The van der Waals surface area contributed by atoms with Crippen LogP contribution in [-0.2, 0) is 9.59 Å². The van der Waals surface area contributed by atoms with E-state index < -0.39 is 11.5 Å². The van der Waals surface area contributed by atoms with Crippen molar-refractivity contribution >= 4 is 11.9 Å². The summed E-state index contributed by atoms with van der Waals surface area (Å²) in [5.74, 6) is -1.04. The van der Waals surface area contributed by atoms with Gasteiger partial charge in [0.25, 0.3) is 0 Å². The van der Waals surface area contributed by atoms with E-state index in [0.717, 1.165) is 12.8 Å². The van der Waals surface area contributed by atoms with Gasteiger partial charge in [-0.05, 0) is 36.5 Å². The molecule has 2 aliphatic rings. The number of hydrogen-bond acceptors (Lipinski definition) is 2. The number of nitrogens with one attached hydrogen (secondary N) is 1. The second-order valence-electron chi connectivity index (χ2n) is 7.15. The molecule has 4 heteroatoms. The van der Waals surface area contributed by atoms with E-state index in [0.29, 0.717) is 0 Å². The van der Waals surface area contributed by atoms with Crippen LogP contribution in [0.4, 0.5) is 0 Å². The molecular formula is C14H23NO3. The first-order valence-electron chi connectivity index (χ1n) is 6.60. The highest BCUT2D eigenvalue weighted by atomic mass is 16.4. The lowest BCUT2D eigenvalue weighted by atomic mass is 9.95. The highest BCUT2D eigenvalue weighted by molar-refractivity contribution is 5.91. The molecule has 1 atom stereocenters. The number of carbonyl (C=O) groups excluding carboxylic acids is 1. The van der Waals surface area contributed by atoms with Gasteiger partial charge in [-0.1, -0.05) is 27.7 Å². The molecule has 0 aromatic rings. The van der Waals surface area contributed by atoms with Crippen molar-refractivity contribution in [2.75, 3.05) is 0 Å². The minimum absolute atomic E-state index is 0.0555. The lowest BCUT2D eigenvalue weighted by Crippen LogP contribution is -2.54. The first-order chi connectivity index (χ1) is 8.05. The van der Waals surface area contributed by atoms with Crippen molar-refractivity contribution in [1.29, 1.82) is 0 Å². The van der Waals surface area contributed by atoms with E-state index in [2.05, 4.69) is 33.0 Å². The van der Waals surface area contributed by atoms with Gasteiger partial charge in [0.05, 0.1) is 0 Å². The Morgan fingerprint density at radius 2 is 1.61 bits per heavy atom. The maximum absolute atomic E-state index is 12.3. The highest BCUT2D eigenvalue weighted by Crippen LogP contribution is 2.68. The number of hydrogen-bond donors (Lipinski definition) is 2. The summed E-state index contributed by atoms with van der Waals surface area (Å²) in [5, 5.41) is 12.1. The third-order valence-corrected chi connectivity index (χ3v) is 5.50. The third-order valence-electron chi connectivity index (χ3n) is 5.50. The fraction of sp³-hybridized carbons (Fsp3) is 0.857. The highest BCUT2D eigenvalue weighted by Gasteiger charge is 2.69. The zero-order valence-corrected chi connectivity index (χ0v) is 11.8. The van der Waals surface area contributed by atoms with Crippen LogP contribution in [0.1, 0.15) is 47.5 Å². The molecule has 0 spiro atoms. The predicted molar refractivity (Wildman–Crippen MR) is 68.0 cm³/mol. The van der Waals surface area contributed by atoms with Crippen LogP contribution >= 0.6 is 0 Å². The van der Waals surface area contributed by atoms with Crippen LogP contribution in [0.2, 0.25) is 0 Å². The summed E-state index contributed by atoms with van der Waals surface area (Å²) in [4.78, 5) is 23.7. The molecule has 0 aromatic heterocycles. The molecule has 0 radical (unpaired) electrons. The average Bonchev–Trinajstić information content (AvgIpc) is 3.03. The van der Waals surface area contributed by atoms with Crippen LogP contribution in [0.15, 0.2) is 0 Å². The topological polar surface area (TPSA) is 66.4 Å². The first-order valence-corrected chi connectivity index (χ1v) is 6.60. The lowest BCUT2D eigenvalue weighted by Gasteiger charge is -2.26. The van der Waals surface area contributed by atoms with Crippen molar-refractivity contribution in [1.82, 2.24) is 5.32 Å². The Hall–Kier alpha value is -1.06. The summed E-state index contributed by atoms with van der Waals surface area (Å²) in [5.41, 5.74) is -1.20. The van der Waals surface area contributed by atoms with E-state index in [1.165, 1.54) is 0 Å². The predicted octanol–water partition coefficient (Wildman–Crippen LogP) is 2.04. The minimum atomic E-state index is -1.09. The molecule has 0 bridgehead atoms. The van der Waals surface area contributed by atoms with Crippen LogP contribution in [-0.4, -0.2) is 22.5 Å². The Balaban J connectivity index is 2.11. The Morgan fingerprint density at radius 1 is 1.17 bits per heavy atom. The summed E-state index contributed by atoms with van der Waals surface area (Å²) < 4.78 is 0. The number of carboxylic acid groups (broad SMARTS) is 1. The Morgan fingerprint density at radius 3 is 1.89 bits per heavy atom. The third kappa shape index (κ3) is 1.65. The van der Waals surface area contributed by atoms with Gasteiger partial charge in [-0.2, -0.15) is 0 Å². The molecule has 2 rings (SSSR count). The minimum Gasteiger partial charge on any atom is -0.480 e. The van der Waals surface area contributed by atoms with Gasteiger partial charge in [0.1, 0.15) is 5.54 Å². The van der Waals surface area contributed by atoms with E-state index in [4.69, 9.17) is 0 Å². The van der Waals surface area contributed by atoms with Crippen molar-refractivity contribution in [2.24, 2.45) is 22.7 Å². The van der Waals surface area contributed by atoms with Gasteiger partial charge in [-0.25, -0.2) is 4.79 Å². The average molecular weight is 253 g/mol. The van der Waals surface area contributed by atoms with E-state index in [-0.39, 0.29) is 28.6 Å². The van der Waals surface area contributed by atoms with E-state index in [9.17, 15) is 14.7 Å². The molecule has 2 N–H and O–H groups in total. The summed E-state index contributed by atoms with van der Waals surface area (Å²) in [6.07, 6.45) is 1.78. The van der Waals surface area contributed by atoms with Gasteiger partial charge in [-0.15, -0.1) is 0 Å². The lowest BCUT2D eigenvalue weighted by molar-refractivity contribution is -0.148. The van der Waals surface area contributed by atoms with Crippen LogP contribution in [0.25, 0.3) is 0 Å². The molecule has 2 aliphatic carbocycles. The van der Waals surface area contributed by atoms with Gasteiger partial charge < -0.3 is 10.4 Å². The smallest absolute Gasteiger partial charge is 0.329 e. The monoisotopic (exact) mass is 253 g/mol. The molecule has 4 nitrogen and oxygen atoms in total. The normalized spacial score (nSPS) is 28.3. The van der Waals surface area contributed by atoms with Gasteiger partial charge >= 0.3 is 5.97 Å². The maximum atomic E-state index is 12.3. The number of amides is 1. The molecule has 0 heterocycles. The number of carboxylic acids is 1. The summed E-state index contributed by atoms with van der Waals surface area (Å²) in [6, 6.07) is 0. The summed E-state index contributed by atoms with van der Waals surface area (Å²) >= 11 is 0. The Kier molecular flexibility index (Phi) is 2.59. The molecular weight excluding hydrogens is 230 g/mol. The molecule has 1 unspecified atom stereocenters. The fourth-order valence-corrected chi connectivity index (χ4v) is 3.17. The van der Waals surface area contributed by atoms with Crippen LogP contribution < -0.4 is 5.32 Å². The van der Waals surface area contributed by atoms with E-state index in [1.807, 2.05) is 0 Å². The standard InChI is InChI=1S/C14H23NO3/c1-12(2)9(13(12,3)4)10(16)15-14(5,11(17)18)8-6-7-8/h8-9H,6-7H2,1-5H3,(H,15,16)(H,17,18). The first kappa shape index (κ1) is 13.4. The van der Waals surface area contributed by atoms with Crippen molar-refractivity contribution in [3.05, 3.63) is 0 Å². The molecule has 102 valence electrons. The quantitative estimate of drug-likeness (QED) is 0.805.